The summed E-state index contributed by atoms with van der Waals surface area (Å²) in [6.45, 7) is 5.60. The van der Waals surface area contributed by atoms with Gasteiger partial charge in [0.05, 0.1) is 25.4 Å². The van der Waals surface area contributed by atoms with Gasteiger partial charge in [0.15, 0.2) is 12.4 Å². The van der Waals surface area contributed by atoms with Crippen LogP contribution in [0.15, 0.2) is 134 Å². The van der Waals surface area contributed by atoms with Crippen LogP contribution in [0.5, 0.6) is 0 Å². The molecule has 11 heteroatoms. The molecule has 6 N–H and O–H groups in total. The first-order chi connectivity index (χ1) is 40.7. The largest absolute Gasteiger partial charge is 0.454 e. The van der Waals surface area contributed by atoms with E-state index in [1.165, 1.54) is 70.6 Å². The number of hydrogen-bond donors (Lipinski definition) is 6. The van der Waals surface area contributed by atoms with Crippen LogP contribution < -0.4 is 5.32 Å². The highest BCUT2D eigenvalue weighted by Gasteiger charge is 2.47. The number of ether oxygens (including phenoxy) is 3. The molecule has 1 aliphatic heterocycles. The van der Waals surface area contributed by atoms with E-state index < -0.39 is 67.4 Å². The van der Waals surface area contributed by atoms with Gasteiger partial charge in [-0.25, -0.2) is 0 Å². The zero-order valence-corrected chi connectivity index (χ0v) is 52.3. The Balaban J connectivity index is 2.70. The Morgan fingerprint density at radius 2 is 0.867 bits per heavy atom. The summed E-state index contributed by atoms with van der Waals surface area (Å²) >= 11 is 0. The molecule has 0 saturated carbocycles. The average molecular weight is 1160 g/mol. The third kappa shape index (κ3) is 45.8. The molecule has 0 spiro atoms. The van der Waals surface area contributed by atoms with Crippen molar-refractivity contribution in [3.8, 4) is 0 Å². The van der Waals surface area contributed by atoms with Gasteiger partial charge in [0.1, 0.15) is 24.4 Å². The molecule has 0 aliphatic carbocycles. The van der Waals surface area contributed by atoms with E-state index in [0.29, 0.717) is 19.3 Å². The predicted molar refractivity (Wildman–Crippen MR) is 347 cm³/mol. The maximum atomic E-state index is 13.5. The van der Waals surface area contributed by atoms with E-state index in [1.807, 2.05) is 18.2 Å². The highest BCUT2D eigenvalue weighted by Crippen LogP contribution is 2.26. The number of rotatable bonds is 54. The molecule has 1 amide bonds. The molecular weight excluding hydrogens is 1040 g/mol. The molecule has 1 saturated heterocycles. The van der Waals surface area contributed by atoms with E-state index in [2.05, 4.69) is 135 Å². The Labute approximate surface area is 505 Å². The summed E-state index contributed by atoms with van der Waals surface area (Å²) in [7, 11) is 0. The number of carbonyl (C=O) groups excluding carboxylic acids is 2. The molecule has 0 radical (unpaired) electrons. The number of aliphatic hydroxyl groups is 5. The lowest BCUT2D eigenvalue weighted by molar-refractivity contribution is -0.305. The van der Waals surface area contributed by atoms with E-state index in [-0.39, 0.29) is 19.4 Å². The molecule has 83 heavy (non-hydrogen) atoms. The van der Waals surface area contributed by atoms with Gasteiger partial charge < -0.3 is 45.1 Å². The number of allylic oxidation sites excluding steroid dienone is 21. The molecular formula is C72H119NO10. The minimum atomic E-state index is -1.65. The van der Waals surface area contributed by atoms with Gasteiger partial charge in [-0.1, -0.05) is 257 Å². The van der Waals surface area contributed by atoms with Gasteiger partial charge in [0, 0.05) is 6.42 Å². The summed E-state index contributed by atoms with van der Waals surface area (Å²) in [5.74, 6) is -1.28. The normalized spacial score (nSPS) is 19.4. The molecule has 0 bridgehead atoms. The minimum absolute atomic E-state index is 0.0387. The lowest BCUT2D eigenvalue weighted by Crippen LogP contribution is -2.61. The molecule has 472 valence electrons. The van der Waals surface area contributed by atoms with E-state index >= 15 is 0 Å². The molecule has 11 nitrogen and oxygen atoms in total. The molecule has 8 unspecified atom stereocenters. The van der Waals surface area contributed by atoms with Gasteiger partial charge in [-0.2, -0.15) is 0 Å². The van der Waals surface area contributed by atoms with Crippen molar-refractivity contribution in [3.05, 3.63) is 134 Å². The predicted octanol–water partition coefficient (Wildman–Crippen LogP) is 16.4. The number of amides is 1. The van der Waals surface area contributed by atoms with Crippen molar-refractivity contribution in [2.24, 2.45) is 0 Å². The van der Waals surface area contributed by atoms with Crippen LogP contribution in [0.4, 0.5) is 0 Å². The molecule has 1 fully saturated rings. The Hall–Kier alpha value is -4.20. The zero-order chi connectivity index (χ0) is 60.3. The quantitative estimate of drug-likeness (QED) is 0.0195. The van der Waals surface area contributed by atoms with Crippen molar-refractivity contribution >= 4 is 11.9 Å². The first kappa shape index (κ1) is 76.8. The molecule has 1 heterocycles. The second-order valence-electron chi connectivity index (χ2n) is 22.1. The summed E-state index contributed by atoms with van der Waals surface area (Å²) in [5.41, 5.74) is 0. The van der Waals surface area contributed by atoms with E-state index in [1.54, 1.807) is 6.08 Å². The van der Waals surface area contributed by atoms with Gasteiger partial charge in [-0.3, -0.25) is 9.59 Å². The highest BCUT2D eigenvalue weighted by atomic mass is 16.7. The van der Waals surface area contributed by atoms with Crippen LogP contribution in [0.25, 0.3) is 0 Å². The Morgan fingerprint density at radius 3 is 1.33 bits per heavy atom. The molecule has 0 aromatic carbocycles. The topological polar surface area (TPSA) is 175 Å². The fourth-order valence-electron chi connectivity index (χ4n) is 9.35. The number of carbonyl (C=O) groups is 2. The molecule has 8 atom stereocenters. The first-order valence-electron chi connectivity index (χ1n) is 33.0. The number of esters is 1. The van der Waals surface area contributed by atoms with E-state index in [0.717, 1.165) is 122 Å². The van der Waals surface area contributed by atoms with Crippen LogP contribution in [-0.2, 0) is 23.8 Å². The number of nitrogens with one attached hydrogen (secondary N) is 1. The van der Waals surface area contributed by atoms with Crippen molar-refractivity contribution in [2.45, 2.75) is 294 Å². The summed E-state index contributed by atoms with van der Waals surface area (Å²) in [5, 5.41) is 57.1. The zero-order valence-electron chi connectivity index (χ0n) is 52.3. The second kappa shape index (κ2) is 58.2. The highest BCUT2D eigenvalue weighted by molar-refractivity contribution is 5.80. The molecule has 1 aliphatic rings. The average Bonchev–Trinajstić information content (AvgIpc) is 3.67. The summed E-state index contributed by atoms with van der Waals surface area (Å²) in [4.78, 5) is 26.6. The first-order valence-corrected chi connectivity index (χ1v) is 33.0. The third-order valence-electron chi connectivity index (χ3n) is 14.5. The van der Waals surface area contributed by atoms with Crippen molar-refractivity contribution in [1.29, 1.82) is 0 Å². The standard InChI is InChI=1S/C72H119NO10/c1-4-7-10-13-16-19-22-25-27-29-30-31-32-33-34-35-37-38-41-44-47-50-53-56-59-65(76)71(80)73-63(64(75)58-55-52-49-46-43-40-24-21-18-15-12-9-6-3)62-81-72-70(69(79)68(78)66(61-74)82-72)83-67(77)60-57-54-51-48-45-42-39-36-28-26-23-20-17-14-11-8-5-2/h7,10,16-17,19-20,25-28,30-31,33-34,37-39,42,48,51,55,58,63-66,68-70,72,74-76,78-79H,4-6,8-9,11-15,18,21-24,29,32,35-36,40-41,43-47,49-50,52-54,56-57,59-62H2,1-3H3,(H,73,80)/b10-7-,19-16-,20-17-,27-25-,28-26-,31-30-,34-33-,38-37-,42-39-,51-48-,58-55+. The Morgan fingerprint density at radius 1 is 0.482 bits per heavy atom. The summed E-state index contributed by atoms with van der Waals surface area (Å²) < 4.78 is 17.6. The van der Waals surface area contributed by atoms with Crippen LogP contribution >= 0.6 is 0 Å². The van der Waals surface area contributed by atoms with E-state index in [9.17, 15) is 35.1 Å². The lowest BCUT2D eigenvalue weighted by atomic mass is 9.99. The van der Waals surface area contributed by atoms with Gasteiger partial charge in [-0.15, -0.1) is 0 Å². The van der Waals surface area contributed by atoms with Crippen molar-refractivity contribution in [2.75, 3.05) is 13.2 Å². The fraction of sp³-hybridized carbons (Fsp3) is 0.667. The van der Waals surface area contributed by atoms with Gasteiger partial charge in [0.2, 0.25) is 5.91 Å². The van der Waals surface area contributed by atoms with Gasteiger partial charge in [0.25, 0.3) is 0 Å². The van der Waals surface area contributed by atoms with Crippen LogP contribution in [0, 0.1) is 0 Å². The molecule has 0 aromatic rings. The fourth-order valence-corrected chi connectivity index (χ4v) is 9.35. The number of aliphatic hydroxyl groups excluding tert-OH is 5. The third-order valence-corrected chi connectivity index (χ3v) is 14.5. The Kier molecular flexibility index (Phi) is 53.9. The molecule has 0 aromatic heterocycles. The monoisotopic (exact) mass is 1160 g/mol. The van der Waals surface area contributed by atoms with Crippen LogP contribution in [0.3, 0.4) is 0 Å². The van der Waals surface area contributed by atoms with Crippen molar-refractivity contribution < 1.29 is 49.3 Å². The van der Waals surface area contributed by atoms with Crippen molar-refractivity contribution in [3.63, 3.8) is 0 Å². The Bertz CT molecular complexity index is 1860. The smallest absolute Gasteiger partial charge is 0.306 e. The number of hydrogen-bond acceptors (Lipinski definition) is 10. The second-order valence-corrected chi connectivity index (χ2v) is 22.1. The minimum Gasteiger partial charge on any atom is -0.454 e. The van der Waals surface area contributed by atoms with Gasteiger partial charge >= 0.3 is 5.97 Å². The van der Waals surface area contributed by atoms with Crippen LogP contribution in [0.2, 0.25) is 0 Å². The maximum absolute atomic E-state index is 13.5. The maximum Gasteiger partial charge on any atom is 0.306 e. The molecule has 1 rings (SSSR count). The van der Waals surface area contributed by atoms with E-state index in [4.69, 9.17) is 14.2 Å². The van der Waals surface area contributed by atoms with Crippen LogP contribution in [0.1, 0.15) is 245 Å². The SMILES string of the molecule is CC/C=C\C/C=C\C/C=C\C/C=C\C/C=C\C/C=C\CCCCCCCC(O)C(=O)NC(COC1OC(CO)C(O)C(O)C1OC(=O)CCC/C=C\C/C=C\C/C=C\C/C=C\CCCCC)C(O)/C=C/CCCCCCCCCCCCC. The van der Waals surface area contributed by atoms with Crippen molar-refractivity contribution in [1.82, 2.24) is 5.32 Å². The lowest BCUT2D eigenvalue weighted by Gasteiger charge is -2.41. The summed E-state index contributed by atoms with van der Waals surface area (Å²) in [6.07, 6.45) is 72.0. The summed E-state index contributed by atoms with van der Waals surface area (Å²) in [6, 6.07) is -1.05. The van der Waals surface area contributed by atoms with Gasteiger partial charge in [-0.05, 0) is 116 Å². The van der Waals surface area contributed by atoms with Crippen LogP contribution in [-0.4, -0.2) is 99.6 Å². The number of unbranched alkanes of at least 4 members (excludes halogenated alkanes) is 20.